The van der Waals surface area contributed by atoms with Gasteiger partial charge in [-0.25, -0.2) is 13.2 Å². The summed E-state index contributed by atoms with van der Waals surface area (Å²) in [6.07, 6.45) is 0. The first-order valence-electron chi connectivity index (χ1n) is 7.39. The van der Waals surface area contributed by atoms with Gasteiger partial charge in [-0.15, -0.1) is 0 Å². The molecule has 0 aliphatic heterocycles. The molecule has 2 aromatic carbocycles. The van der Waals surface area contributed by atoms with Gasteiger partial charge in [-0.1, -0.05) is 17.3 Å². The molecule has 0 saturated heterocycles. The van der Waals surface area contributed by atoms with Crippen molar-refractivity contribution in [3.05, 3.63) is 76.7 Å². The van der Waals surface area contributed by atoms with Gasteiger partial charge >= 0.3 is 0 Å². The van der Waals surface area contributed by atoms with Crippen LogP contribution in [-0.2, 0) is 6.54 Å². The van der Waals surface area contributed by atoms with Gasteiger partial charge in [0.2, 0.25) is 0 Å². The second-order valence-electron chi connectivity index (χ2n) is 5.44. The van der Waals surface area contributed by atoms with Crippen LogP contribution in [0.5, 0.6) is 0 Å². The fourth-order valence-corrected chi connectivity index (χ4v) is 2.45. The van der Waals surface area contributed by atoms with Gasteiger partial charge in [0.05, 0.1) is 5.69 Å². The summed E-state index contributed by atoms with van der Waals surface area (Å²) in [7, 11) is 0. The number of nitrogens with one attached hydrogen (secondary N) is 1. The van der Waals surface area contributed by atoms with Crippen LogP contribution in [-0.4, -0.2) is 11.1 Å². The van der Waals surface area contributed by atoms with Crippen molar-refractivity contribution in [2.45, 2.75) is 13.5 Å². The molecule has 1 heterocycles. The predicted molar refractivity (Wildman–Crippen MR) is 84.2 cm³/mol. The third kappa shape index (κ3) is 3.71. The first kappa shape index (κ1) is 16.8. The van der Waals surface area contributed by atoms with Crippen LogP contribution in [0, 0.1) is 24.4 Å². The zero-order chi connectivity index (χ0) is 18.0. The molecule has 0 unspecified atom stereocenters. The number of hydrogen-bond acceptors (Lipinski definition) is 3. The SMILES string of the molecule is Cc1noc(-c2cccc(F)c2)c1C(=O)NCc1cc(F)cc(F)c1. The average molecular weight is 346 g/mol. The lowest BCUT2D eigenvalue weighted by Gasteiger charge is -2.07. The Morgan fingerprint density at radius 2 is 1.80 bits per heavy atom. The molecule has 0 saturated carbocycles. The number of nitrogens with zero attached hydrogens (tertiary/aromatic N) is 1. The molecule has 3 aromatic rings. The lowest BCUT2D eigenvalue weighted by molar-refractivity contribution is 0.0950. The molecule has 4 nitrogen and oxygen atoms in total. The molecule has 0 aliphatic carbocycles. The number of halogens is 3. The largest absolute Gasteiger partial charge is 0.355 e. The minimum Gasteiger partial charge on any atom is -0.355 e. The molecule has 0 bridgehead atoms. The molecule has 0 aliphatic rings. The highest BCUT2D eigenvalue weighted by Crippen LogP contribution is 2.26. The first-order valence-corrected chi connectivity index (χ1v) is 7.39. The Hall–Kier alpha value is -3.09. The predicted octanol–water partition coefficient (Wildman–Crippen LogP) is 4.00. The lowest BCUT2D eigenvalue weighted by Crippen LogP contribution is -2.23. The van der Waals surface area contributed by atoms with E-state index in [1.165, 1.54) is 18.2 Å². The van der Waals surface area contributed by atoms with Gasteiger partial charge in [0.25, 0.3) is 5.91 Å². The van der Waals surface area contributed by atoms with Crippen molar-refractivity contribution in [2.24, 2.45) is 0 Å². The summed E-state index contributed by atoms with van der Waals surface area (Å²) in [5, 5.41) is 6.30. The monoisotopic (exact) mass is 346 g/mol. The highest BCUT2D eigenvalue weighted by molar-refractivity contribution is 6.00. The number of carbonyl (C=O) groups is 1. The summed E-state index contributed by atoms with van der Waals surface area (Å²) in [5.41, 5.74) is 1.10. The van der Waals surface area contributed by atoms with Crippen LogP contribution in [0.2, 0.25) is 0 Å². The van der Waals surface area contributed by atoms with Crippen molar-refractivity contribution in [1.82, 2.24) is 10.5 Å². The molecule has 3 rings (SSSR count). The second kappa shape index (κ2) is 6.80. The maximum absolute atomic E-state index is 13.4. The van der Waals surface area contributed by atoms with E-state index < -0.39 is 23.4 Å². The molecule has 0 atom stereocenters. The Morgan fingerprint density at radius 1 is 1.08 bits per heavy atom. The topological polar surface area (TPSA) is 55.1 Å². The number of benzene rings is 2. The minimum absolute atomic E-state index is 0.0826. The van der Waals surface area contributed by atoms with Crippen LogP contribution < -0.4 is 5.32 Å². The number of hydrogen-bond donors (Lipinski definition) is 1. The zero-order valence-electron chi connectivity index (χ0n) is 13.1. The summed E-state index contributed by atoms with van der Waals surface area (Å²) in [6.45, 7) is 1.49. The number of aromatic nitrogens is 1. The maximum atomic E-state index is 13.4. The molecule has 0 fully saturated rings. The van der Waals surface area contributed by atoms with E-state index in [2.05, 4.69) is 10.5 Å². The van der Waals surface area contributed by atoms with Crippen molar-refractivity contribution < 1.29 is 22.5 Å². The lowest BCUT2D eigenvalue weighted by atomic mass is 10.1. The summed E-state index contributed by atoms with van der Waals surface area (Å²) in [6, 6.07) is 8.55. The fourth-order valence-electron chi connectivity index (χ4n) is 2.45. The summed E-state index contributed by atoms with van der Waals surface area (Å²) in [5.74, 6) is -2.35. The molecule has 25 heavy (non-hydrogen) atoms. The molecule has 7 heteroatoms. The van der Waals surface area contributed by atoms with Crippen LogP contribution in [0.3, 0.4) is 0 Å². The van der Waals surface area contributed by atoms with Gasteiger partial charge in [-0.3, -0.25) is 4.79 Å². The third-order valence-corrected chi connectivity index (χ3v) is 3.55. The van der Waals surface area contributed by atoms with Crippen molar-refractivity contribution >= 4 is 5.91 Å². The fraction of sp³-hybridized carbons (Fsp3) is 0.111. The molecule has 1 amide bonds. The van der Waals surface area contributed by atoms with Crippen LogP contribution in [0.4, 0.5) is 13.2 Å². The smallest absolute Gasteiger partial charge is 0.257 e. The maximum Gasteiger partial charge on any atom is 0.257 e. The van der Waals surface area contributed by atoms with Gasteiger partial charge in [-0.2, -0.15) is 0 Å². The van der Waals surface area contributed by atoms with E-state index in [9.17, 15) is 18.0 Å². The van der Waals surface area contributed by atoms with E-state index in [0.29, 0.717) is 11.3 Å². The summed E-state index contributed by atoms with van der Waals surface area (Å²) < 4.78 is 45.0. The third-order valence-electron chi connectivity index (χ3n) is 3.55. The number of carbonyl (C=O) groups excluding carboxylic acids is 1. The Kier molecular flexibility index (Phi) is 4.56. The van der Waals surface area contributed by atoms with Gasteiger partial charge in [-0.05, 0) is 36.8 Å². The number of aryl methyl sites for hydroxylation is 1. The molecule has 128 valence electrons. The summed E-state index contributed by atoms with van der Waals surface area (Å²) >= 11 is 0. The molecular weight excluding hydrogens is 333 g/mol. The van der Waals surface area contributed by atoms with Crippen molar-refractivity contribution in [3.8, 4) is 11.3 Å². The Balaban J connectivity index is 1.84. The van der Waals surface area contributed by atoms with Crippen LogP contribution in [0.25, 0.3) is 11.3 Å². The van der Waals surface area contributed by atoms with E-state index in [1.54, 1.807) is 13.0 Å². The molecular formula is C18H13F3N2O2. The normalized spacial score (nSPS) is 10.7. The molecule has 1 aromatic heterocycles. The molecule has 0 spiro atoms. The highest BCUT2D eigenvalue weighted by Gasteiger charge is 2.22. The van der Waals surface area contributed by atoms with Gasteiger partial charge in [0.15, 0.2) is 5.76 Å². The van der Waals surface area contributed by atoms with Crippen molar-refractivity contribution in [1.29, 1.82) is 0 Å². The highest BCUT2D eigenvalue weighted by atomic mass is 19.1. The van der Waals surface area contributed by atoms with Gasteiger partial charge in [0, 0.05) is 18.2 Å². The summed E-state index contributed by atoms with van der Waals surface area (Å²) in [4.78, 5) is 12.5. The van der Waals surface area contributed by atoms with Crippen molar-refractivity contribution in [2.75, 3.05) is 0 Å². The van der Waals surface area contributed by atoms with Crippen LogP contribution in [0.15, 0.2) is 47.0 Å². The van der Waals surface area contributed by atoms with Gasteiger partial charge < -0.3 is 9.84 Å². The van der Waals surface area contributed by atoms with E-state index in [-0.39, 0.29) is 23.4 Å². The standard InChI is InChI=1S/C18H13F3N2O2/c1-10-16(17(25-23-10)12-3-2-4-13(19)7-12)18(24)22-9-11-5-14(20)8-15(21)6-11/h2-8H,9H2,1H3,(H,22,24). The Labute approximate surface area is 141 Å². The quantitative estimate of drug-likeness (QED) is 0.777. The molecule has 0 radical (unpaired) electrons. The van der Waals surface area contributed by atoms with E-state index >= 15 is 0 Å². The average Bonchev–Trinajstić information content (AvgIpc) is 2.93. The minimum atomic E-state index is -0.731. The van der Waals surface area contributed by atoms with Gasteiger partial charge in [0.1, 0.15) is 23.0 Å². The number of amides is 1. The van der Waals surface area contributed by atoms with E-state index in [1.807, 2.05) is 0 Å². The van der Waals surface area contributed by atoms with Crippen LogP contribution >= 0.6 is 0 Å². The van der Waals surface area contributed by atoms with Crippen molar-refractivity contribution in [3.63, 3.8) is 0 Å². The Bertz CT molecular complexity index is 918. The second-order valence-corrected chi connectivity index (χ2v) is 5.44. The number of rotatable bonds is 4. The first-order chi connectivity index (χ1) is 11.9. The Morgan fingerprint density at radius 3 is 2.48 bits per heavy atom. The van der Waals surface area contributed by atoms with E-state index in [4.69, 9.17) is 4.52 Å². The zero-order valence-corrected chi connectivity index (χ0v) is 13.1. The van der Waals surface area contributed by atoms with Crippen LogP contribution in [0.1, 0.15) is 21.6 Å². The van der Waals surface area contributed by atoms with E-state index in [0.717, 1.165) is 18.2 Å². The molecule has 1 N–H and O–H groups in total.